The van der Waals surface area contributed by atoms with E-state index in [1.54, 1.807) is 0 Å². The highest BCUT2D eigenvalue weighted by Gasteiger charge is 2.20. The van der Waals surface area contributed by atoms with Crippen LogP contribution in [-0.2, 0) is 0 Å². The van der Waals surface area contributed by atoms with Gasteiger partial charge >= 0.3 is 0 Å². The van der Waals surface area contributed by atoms with Crippen LogP contribution in [0.5, 0.6) is 5.75 Å². The maximum atomic E-state index is 9.11. The summed E-state index contributed by atoms with van der Waals surface area (Å²) >= 11 is 0. The second-order valence-corrected chi connectivity index (χ2v) is 5.56. The molecule has 1 saturated heterocycles. The lowest BCUT2D eigenvalue weighted by atomic mass is 10.1. The average molecular weight is 263 g/mol. The molecule has 1 fully saturated rings. The Hall–Kier alpha value is -1.06. The van der Waals surface area contributed by atoms with Crippen molar-refractivity contribution in [1.82, 2.24) is 4.90 Å². The van der Waals surface area contributed by atoms with Crippen LogP contribution in [0.2, 0.25) is 0 Å². The van der Waals surface area contributed by atoms with E-state index in [1.165, 1.54) is 11.1 Å². The highest BCUT2D eigenvalue weighted by molar-refractivity contribution is 5.39. The van der Waals surface area contributed by atoms with Crippen molar-refractivity contribution in [1.29, 1.82) is 0 Å². The van der Waals surface area contributed by atoms with Crippen LogP contribution >= 0.6 is 0 Å². The maximum absolute atomic E-state index is 9.11. The number of aliphatic hydroxyl groups is 1. The number of para-hydroxylation sites is 1. The second-order valence-electron chi connectivity index (χ2n) is 5.56. The number of likely N-dealkylation sites (tertiary alicyclic amines) is 1. The van der Waals surface area contributed by atoms with Gasteiger partial charge in [-0.2, -0.15) is 0 Å². The zero-order chi connectivity index (χ0) is 13.7. The Morgan fingerprint density at radius 1 is 1.32 bits per heavy atom. The normalized spacial score (nSPS) is 19.8. The van der Waals surface area contributed by atoms with Crippen LogP contribution in [0.4, 0.5) is 0 Å². The first kappa shape index (κ1) is 14.4. The van der Waals surface area contributed by atoms with Gasteiger partial charge in [-0.1, -0.05) is 18.2 Å². The Bertz CT molecular complexity index is 385. The largest absolute Gasteiger partial charge is 0.493 e. The van der Waals surface area contributed by atoms with Gasteiger partial charge in [-0.25, -0.2) is 0 Å². The van der Waals surface area contributed by atoms with Gasteiger partial charge in [0.2, 0.25) is 0 Å². The molecule has 1 aromatic carbocycles. The van der Waals surface area contributed by atoms with Crippen LogP contribution in [-0.4, -0.2) is 42.9 Å². The van der Waals surface area contributed by atoms with Crippen LogP contribution < -0.4 is 4.74 Å². The number of rotatable bonds is 6. The average Bonchev–Trinajstić information content (AvgIpc) is 2.85. The van der Waals surface area contributed by atoms with Crippen LogP contribution in [0.3, 0.4) is 0 Å². The highest BCUT2D eigenvalue weighted by Crippen LogP contribution is 2.22. The molecule has 1 aromatic rings. The summed E-state index contributed by atoms with van der Waals surface area (Å²) in [5, 5.41) is 9.11. The third kappa shape index (κ3) is 3.95. The smallest absolute Gasteiger partial charge is 0.125 e. The van der Waals surface area contributed by atoms with Crippen molar-refractivity contribution in [2.24, 2.45) is 5.92 Å². The summed E-state index contributed by atoms with van der Waals surface area (Å²) in [6.07, 6.45) is 2.18. The molecule has 1 unspecified atom stereocenters. The molecule has 0 bridgehead atoms. The molecule has 19 heavy (non-hydrogen) atoms. The number of hydrogen-bond donors (Lipinski definition) is 1. The summed E-state index contributed by atoms with van der Waals surface area (Å²) in [5.41, 5.74) is 2.42. The van der Waals surface area contributed by atoms with Gasteiger partial charge in [0, 0.05) is 19.7 Å². The van der Waals surface area contributed by atoms with Crippen molar-refractivity contribution in [3.05, 3.63) is 29.3 Å². The zero-order valence-corrected chi connectivity index (χ0v) is 12.1. The zero-order valence-electron chi connectivity index (χ0n) is 12.1. The summed E-state index contributed by atoms with van der Waals surface area (Å²) in [6.45, 7) is 8.51. The molecule has 0 radical (unpaired) electrons. The van der Waals surface area contributed by atoms with E-state index in [9.17, 15) is 0 Å². The Morgan fingerprint density at radius 3 is 2.68 bits per heavy atom. The molecule has 3 heteroatoms. The first-order valence-corrected chi connectivity index (χ1v) is 7.23. The summed E-state index contributed by atoms with van der Waals surface area (Å²) in [5.74, 6) is 1.52. The van der Waals surface area contributed by atoms with Gasteiger partial charge in [0.15, 0.2) is 0 Å². The van der Waals surface area contributed by atoms with Crippen molar-refractivity contribution >= 4 is 0 Å². The van der Waals surface area contributed by atoms with Crippen LogP contribution in [0.15, 0.2) is 18.2 Å². The third-order valence-corrected chi connectivity index (χ3v) is 3.90. The Balaban J connectivity index is 1.70. The van der Waals surface area contributed by atoms with E-state index in [-0.39, 0.29) is 0 Å². The van der Waals surface area contributed by atoms with Gasteiger partial charge in [-0.3, -0.25) is 0 Å². The Kier molecular flexibility index (Phi) is 5.23. The fraction of sp³-hybridized carbons (Fsp3) is 0.625. The summed E-state index contributed by atoms with van der Waals surface area (Å²) < 4.78 is 5.90. The number of ether oxygens (including phenoxy) is 1. The minimum atomic E-state index is 0.329. The molecule has 3 nitrogen and oxygen atoms in total. The predicted octanol–water partition coefficient (Wildman–Crippen LogP) is 2.39. The van der Waals surface area contributed by atoms with E-state index in [2.05, 4.69) is 36.9 Å². The minimum Gasteiger partial charge on any atom is -0.493 e. The Labute approximate surface area is 116 Å². The monoisotopic (exact) mass is 263 g/mol. The third-order valence-electron chi connectivity index (χ3n) is 3.90. The first-order valence-electron chi connectivity index (χ1n) is 7.23. The molecule has 0 saturated carbocycles. The molecule has 1 aliphatic rings. The lowest BCUT2D eigenvalue weighted by Gasteiger charge is -2.16. The summed E-state index contributed by atoms with van der Waals surface area (Å²) in [7, 11) is 0. The van der Waals surface area contributed by atoms with Gasteiger partial charge in [0.25, 0.3) is 0 Å². The van der Waals surface area contributed by atoms with Crippen LogP contribution in [0.1, 0.15) is 24.0 Å². The van der Waals surface area contributed by atoms with Crippen molar-refractivity contribution in [2.45, 2.75) is 26.7 Å². The molecule has 1 aliphatic heterocycles. The number of aryl methyl sites for hydroxylation is 2. The van der Waals surface area contributed by atoms with Crippen LogP contribution in [0, 0.1) is 19.8 Å². The lowest BCUT2D eigenvalue weighted by molar-refractivity contribution is 0.215. The SMILES string of the molecule is Cc1cccc(C)c1OCCCN1CCC(CO)C1. The molecular formula is C16H25NO2. The van der Waals surface area contributed by atoms with E-state index in [4.69, 9.17) is 9.84 Å². The fourth-order valence-corrected chi connectivity index (χ4v) is 2.75. The minimum absolute atomic E-state index is 0.329. The van der Waals surface area contributed by atoms with Crippen molar-refractivity contribution in [3.63, 3.8) is 0 Å². The topological polar surface area (TPSA) is 32.7 Å². The van der Waals surface area contributed by atoms with Crippen LogP contribution in [0.25, 0.3) is 0 Å². The van der Waals surface area contributed by atoms with Crippen molar-refractivity contribution in [2.75, 3.05) is 32.8 Å². The standard InChI is InChI=1S/C16H25NO2/c1-13-5-3-6-14(2)16(13)19-10-4-8-17-9-7-15(11-17)12-18/h3,5-6,15,18H,4,7-12H2,1-2H3. The number of aliphatic hydroxyl groups excluding tert-OH is 1. The summed E-state index contributed by atoms with van der Waals surface area (Å²) in [6, 6.07) is 6.25. The maximum Gasteiger partial charge on any atom is 0.125 e. The molecule has 0 aliphatic carbocycles. The van der Waals surface area contributed by atoms with Gasteiger partial charge < -0.3 is 14.7 Å². The molecule has 106 valence electrons. The molecule has 1 atom stereocenters. The lowest BCUT2D eigenvalue weighted by Crippen LogP contribution is -2.24. The van der Waals surface area contributed by atoms with Crippen molar-refractivity contribution in [3.8, 4) is 5.75 Å². The molecule has 1 N–H and O–H groups in total. The highest BCUT2D eigenvalue weighted by atomic mass is 16.5. The molecule has 0 amide bonds. The van der Waals surface area contributed by atoms with E-state index in [0.717, 1.165) is 44.8 Å². The summed E-state index contributed by atoms with van der Waals surface area (Å²) in [4.78, 5) is 2.43. The number of nitrogens with zero attached hydrogens (tertiary/aromatic N) is 1. The molecular weight excluding hydrogens is 238 g/mol. The number of benzene rings is 1. The van der Waals surface area contributed by atoms with Gasteiger partial charge in [0.05, 0.1) is 6.61 Å². The van der Waals surface area contributed by atoms with Crippen molar-refractivity contribution < 1.29 is 9.84 Å². The number of hydrogen-bond acceptors (Lipinski definition) is 3. The second kappa shape index (κ2) is 6.92. The van der Waals surface area contributed by atoms with E-state index in [0.29, 0.717) is 12.5 Å². The molecule has 0 aromatic heterocycles. The molecule has 1 heterocycles. The van der Waals surface area contributed by atoms with Gasteiger partial charge in [-0.05, 0) is 50.3 Å². The van der Waals surface area contributed by atoms with E-state index >= 15 is 0 Å². The first-order chi connectivity index (χ1) is 9.20. The van der Waals surface area contributed by atoms with Gasteiger partial charge in [0.1, 0.15) is 5.75 Å². The van der Waals surface area contributed by atoms with Gasteiger partial charge in [-0.15, -0.1) is 0 Å². The predicted molar refractivity (Wildman–Crippen MR) is 77.7 cm³/mol. The molecule has 2 rings (SSSR count). The quantitative estimate of drug-likeness (QED) is 0.800. The Morgan fingerprint density at radius 2 is 2.05 bits per heavy atom. The van der Waals surface area contributed by atoms with E-state index in [1.807, 2.05) is 0 Å². The molecule has 0 spiro atoms. The van der Waals surface area contributed by atoms with E-state index < -0.39 is 0 Å². The fourth-order valence-electron chi connectivity index (χ4n) is 2.75.